The topological polar surface area (TPSA) is 105 Å². The second-order valence-electron chi connectivity index (χ2n) is 3.27. The van der Waals surface area contributed by atoms with Gasteiger partial charge < -0.3 is 21.0 Å². The molecular weight excluding hydrogens is 212 g/mol. The van der Waals surface area contributed by atoms with Crippen LogP contribution in [0.4, 0.5) is 5.95 Å². The number of hydrogen-bond donors (Lipinski definition) is 3. The second kappa shape index (κ2) is 4.37. The fourth-order valence-electron chi connectivity index (χ4n) is 1.57. The third kappa shape index (κ3) is 1.68. The van der Waals surface area contributed by atoms with Crippen molar-refractivity contribution in [1.29, 1.82) is 0 Å². The molecule has 0 saturated heterocycles. The molecule has 0 saturated carbocycles. The normalized spacial score (nSPS) is 11.1. The Morgan fingerprint density at radius 2 is 1.88 bits per heavy atom. The molecule has 8 nitrogen and oxygen atoms in total. The maximum atomic E-state index is 8.94. The molecule has 0 fully saturated rings. The molecule has 2 aromatic heterocycles. The number of fused-ring (bicyclic) bond motifs is 1. The summed E-state index contributed by atoms with van der Waals surface area (Å²) in [6.45, 7) is 0.789. The molecular formula is C8H14N6O2. The SMILES string of the molecule is Nc1nnc2n(N(CCO)CCO)ccn12. The van der Waals surface area contributed by atoms with Gasteiger partial charge >= 0.3 is 0 Å². The van der Waals surface area contributed by atoms with Crippen LogP contribution in [0.15, 0.2) is 12.4 Å². The predicted octanol–water partition coefficient (Wildman–Crippen LogP) is -1.96. The summed E-state index contributed by atoms with van der Waals surface area (Å²) in [7, 11) is 0. The number of nitrogens with zero attached hydrogens (tertiary/aromatic N) is 5. The maximum absolute atomic E-state index is 8.94. The molecule has 0 aliphatic heterocycles. The number of nitrogens with two attached hydrogens (primary N) is 1. The summed E-state index contributed by atoms with van der Waals surface area (Å²) < 4.78 is 3.33. The zero-order valence-electron chi connectivity index (χ0n) is 8.69. The number of aliphatic hydroxyl groups is 2. The summed E-state index contributed by atoms with van der Waals surface area (Å²) in [5, 5.41) is 27.3. The molecule has 2 aromatic rings. The summed E-state index contributed by atoms with van der Waals surface area (Å²) >= 11 is 0. The standard InChI is InChI=1S/C8H14N6O2/c9-7-10-11-8-13(7)1-2-14(8)12(3-5-15)4-6-16/h1-2,15-16H,3-6H2,(H2,9,10). The van der Waals surface area contributed by atoms with Crippen LogP contribution in [0, 0.1) is 0 Å². The van der Waals surface area contributed by atoms with E-state index in [1.54, 1.807) is 26.5 Å². The number of aliphatic hydroxyl groups excluding tert-OH is 2. The van der Waals surface area contributed by atoms with Crippen LogP contribution in [0.25, 0.3) is 5.78 Å². The number of rotatable bonds is 5. The van der Waals surface area contributed by atoms with Crippen molar-refractivity contribution >= 4 is 11.7 Å². The minimum Gasteiger partial charge on any atom is -0.394 e. The van der Waals surface area contributed by atoms with Crippen molar-refractivity contribution in [1.82, 2.24) is 19.3 Å². The van der Waals surface area contributed by atoms with Crippen LogP contribution in [-0.4, -0.2) is 55.8 Å². The van der Waals surface area contributed by atoms with Gasteiger partial charge in [-0.25, -0.2) is 4.68 Å². The Labute approximate surface area is 91.5 Å². The summed E-state index contributed by atoms with van der Waals surface area (Å²) in [5.41, 5.74) is 5.60. The first-order valence-electron chi connectivity index (χ1n) is 4.92. The maximum Gasteiger partial charge on any atom is 0.255 e. The van der Waals surface area contributed by atoms with Gasteiger partial charge in [-0.3, -0.25) is 4.40 Å². The molecule has 2 heterocycles. The minimum atomic E-state index is -0.00599. The Balaban J connectivity index is 2.35. The molecule has 2 rings (SSSR count). The van der Waals surface area contributed by atoms with Crippen LogP contribution in [0.1, 0.15) is 0 Å². The zero-order chi connectivity index (χ0) is 11.5. The lowest BCUT2D eigenvalue weighted by Gasteiger charge is -2.23. The summed E-state index contributed by atoms with van der Waals surface area (Å²) in [4.78, 5) is 0. The van der Waals surface area contributed by atoms with E-state index in [-0.39, 0.29) is 13.2 Å². The van der Waals surface area contributed by atoms with Crippen molar-refractivity contribution in [2.24, 2.45) is 0 Å². The molecule has 0 aliphatic carbocycles. The van der Waals surface area contributed by atoms with Crippen LogP contribution in [0.3, 0.4) is 0 Å². The lowest BCUT2D eigenvalue weighted by atomic mass is 10.6. The van der Waals surface area contributed by atoms with Crippen molar-refractivity contribution in [3.8, 4) is 0 Å². The zero-order valence-corrected chi connectivity index (χ0v) is 8.69. The lowest BCUT2D eigenvalue weighted by Crippen LogP contribution is -2.39. The van der Waals surface area contributed by atoms with E-state index in [1.165, 1.54) is 0 Å². The summed E-state index contributed by atoms with van der Waals surface area (Å²) in [6, 6.07) is 0. The number of imidazole rings is 1. The quantitative estimate of drug-likeness (QED) is 0.546. The third-order valence-corrected chi connectivity index (χ3v) is 2.29. The molecule has 0 bridgehead atoms. The molecule has 0 atom stereocenters. The molecule has 4 N–H and O–H groups in total. The van der Waals surface area contributed by atoms with Gasteiger partial charge in [0.2, 0.25) is 5.95 Å². The Morgan fingerprint density at radius 1 is 1.19 bits per heavy atom. The van der Waals surface area contributed by atoms with Gasteiger partial charge in [-0.05, 0) is 0 Å². The number of nitrogen functional groups attached to an aromatic ring is 1. The van der Waals surface area contributed by atoms with Crippen LogP contribution < -0.4 is 10.7 Å². The first kappa shape index (κ1) is 10.7. The van der Waals surface area contributed by atoms with E-state index >= 15 is 0 Å². The fourth-order valence-corrected chi connectivity index (χ4v) is 1.57. The third-order valence-electron chi connectivity index (χ3n) is 2.29. The van der Waals surface area contributed by atoms with Gasteiger partial charge in [0.1, 0.15) is 0 Å². The van der Waals surface area contributed by atoms with Crippen molar-refractivity contribution in [3.63, 3.8) is 0 Å². The van der Waals surface area contributed by atoms with Gasteiger partial charge in [0.25, 0.3) is 5.78 Å². The van der Waals surface area contributed by atoms with E-state index in [9.17, 15) is 0 Å². The van der Waals surface area contributed by atoms with Gasteiger partial charge in [0.15, 0.2) is 0 Å². The summed E-state index contributed by atoms with van der Waals surface area (Å²) in [5.74, 6) is 0.862. The van der Waals surface area contributed by atoms with E-state index < -0.39 is 0 Å². The fraction of sp³-hybridized carbons (Fsp3) is 0.500. The number of anilines is 1. The monoisotopic (exact) mass is 226 g/mol. The van der Waals surface area contributed by atoms with E-state index in [4.69, 9.17) is 15.9 Å². The number of hydrogen-bond acceptors (Lipinski definition) is 6. The average molecular weight is 226 g/mol. The Kier molecular flexibility index (Phi) is 2.93. The predicted molar refractivity (Wildman–Crippen MR) is 57.5 cm³/mol. The van der Waals surface area contributed by atoms with Crippen molar-refractivity contribution < 1.29 is 10.2 Å². The van der Waals surface area contributed by atoms with Gasteiger partial charge in [-0.2, -0.15) is 0 Å². The highest BCUT2D eigenvalue weighted by Crippen LogP contribution is 2.07. The van der Waals surface area contributed by atoms with Gasteiger partial charge in [-0.15, -0.1) is 10.2 Å². The van der Waals surface area contributed by atoms with Gasteiger partial charge in [0, 0.05) is 12.4 Å². The van der Waals surface area contributed by atoms with E-state index in [0.717, 1.165) is 0 Å². The molecule has 0 unspecified atom stereocenters. The second-order valence-corrected chi connectivity index (χ2v) is 3.27. The molecule has 16 heavy (non-hydrogen) atoms. The lowest BCUT2D eigenvalue weighted by molar-refractivity contribution is 0.266. The molecule has 0 amide bonds. The first-order valence-corrected chi connectivity index (χ1v) is 4.92. The summed E-state index contributed by atoms with van der Waals surface area (Å²) in [6.07, 6.45) is 3.48. The van der Waals surface area contributed by atoms with Crippen LogP contribution in [0.5, 0.6) is 0 Å². The molecule has 0 aromatic carbocycles. The Bertz CT molecular complexity index is 458. The highest BCUT2D eigenvalue weighted by atomic mass is 16.3. The van der Waals surface area contributed by atoms with Crippen LogP contribution in [-0.2, 0) is 0 Å². The van der Waals surface area contributed by atoms with Crippen molar-refractivity contribution in [2.45, 2.75) is 0 Å². The molecule has 0 spiro atoms. The van der Waals surface area contributed by atoms with Gasteiger partial charge in [-0.1, -0.05) is 0 Å². The van der Waals surface area contributed by atoms with Crippen LogP contribution in [0.2, 0.25) is 0 Å². The van der Waals surface area contributed by atoms with E-state index in [1.807, 2.05) is 0 Å². The molecule has 8 heteroatoms. The largest absolute Gasteiger partial charge is 0.394 e. The van der Waals surface area contributed by atoms with Crippen LogP contribution >= 0.6 is 0 Å². The first-order chi connectivity index (χ1) is 7.77. The highest BCUT2D eigenvalue weighted by Gasteiger charge is 2.11. The van der Waals surface area contributed by atoms with Crippen molar-refractivity contribution in [3.05, 3.63) is 12.4 Å². The highest BCUT2D eigenvalue weighted by molar-refractivity contribution is 5.38. The minimum absolute atomic E-state index is 0.00599. The Hall–Kier alpha value is -1.80. The van der Waals surface area contributed by atoms with E-state index in [0.29, 0.717) is 24.8 Å². The van der Waals surface area contributed by atoms with Crippen molar-refractivity contribution in [2.75, 3.05) is 37.0 Å². The molecule has 0 aliphatic rings. The van der Waals surface area contributed by atoms with Gasteiger partial charge in [0.05, 0.1) is 26.3 Å². The van der Waals surface area contributed by atoms with E-state index in [2.05, 4.69) is 10.2 Å². The molecule has 88 valence electrons. The number of aromatic nitrogens is 4. The Morgan fingerprint density at radius 3 is 2.50 bits per heavy atom. The smallest absolute Gasteiger partial charge is 0.255 e. The average Bonchev–Trinajstić information content (AvgIpc) is 2.82. The molecule has 0 radical (unpaired) electrons.